The molecule has 0 radical (unpaired) electrons. The van der Waals surface area contributed by atoms with Crippen LogP contribution < -0.4 is 10.5 Å². The molecule has 5 rings (SSSR count). The van der Waals surface area contributed by atoms with Crippen molar-refractivity contribution in [3.63, 3.8) is 0 Å². The molecule has 252 valence electrons. The van der Waals surface area contributed by atoms with Crippen molar-refractivity contribution in [1.82, 2.24) is 0 Å². The molecule has 3 aliphatic rings. The molecule has 6 N–H and O–H groups in total. The first-order valence-corrected chi connectivity index (χ1v) is 15.2. The van der Waals surface area contributed by atoms with Gasteiger partial charge in [0.15, 0.2) is 18.7 Å². The van der Waals surface area contributed by atoms with Crippen molar-refractivity contribution < 1.29 is 63.3 Å². The molecule has 2 aliphatic carbocycles. The highest BCUT2D eigenvalue weighted by atomic mass is 16.7. The molecule has 1 saturated heterocycles. The molecule has 1 heterocycles. The van der Waals surface area contributed by atoms with Crippen molar-refractivity contribution in [2.45, 2.75) is 88.6 Å². The summed E-state index contributed by atoms with van der Waals surface area (Å²) in [4.78, 5) is 64.3. The summed E-state index contributed by atoms with van der Waals surface area (Å²) in [5.74, 6) is -4.82. The van der Waals surface area contributed by atoms with Crippen LogP contribution in [0.1, 0.15) is 95.0 Å². The lowest BCUT2D eigenvalue weighted by molar-refractivity contribution is -0.247. The monoisotopic (exact) mass is 655 g/mol. The molecule has 6 atom stereocenters. The van der Waals surface area contributed by atoms with Crippen molar-refractivity contribution in [3.05, 3.63) is 51.6 Å². The number of benzene rings is 2. The lowest BCUT2D eigenvalue weighted by atomic mass is 9.72. The van der Waals surface area contributed by atoms with E-state index in [0.29, 0.717) is 0 Å². The Bertz CT molecular complexity index is 1640. The quantitative estimate of drug-likeness (QED) is 0.153. The van der Waals surface area contributed by atoms with Gasteiger partial charge in [0, 0.05) is 54.8 Å². The van der Waals surface area contributed by atoms with Gasteiger partial charge in [-0.25, -0.2) is 0 Å². The van der Waals surface area contributed by atoms with Crippen LogP contribution in [0.2, 0.25) is 0 Å². The van der Waals surface area contributed by atoms with Crippen molar-refractivity contribution in [2.75, 3.05) is 13.7 Å². The lowest BCUT2D eigenvalue weighted by Gasteiger charge is -2.42. The second-order valence-electron chi connectivity index (χ2n) is 12.2. The van der Waals surface area contributed by atoms with Crippen molar-refractivity contribution in [3.8, 4) is 17.2 Å². The first-order chi connectivity index (χ1) is 22.2. The van der Waals surface area contributed by atoms with Crippen LogP contribution in [0.4, 0.5) is 0 Å². The number of esters is 1. The zero-order valence-electron chi connectivity index (χ0n) is 26.1. The molecule has 14 heteroatoms. The van der Waals surface area contributed by atoms with Crippen molar-refractivity contribution in [1.29, 1.82) is 0 Å². The molecule has 0 spiro atoms. The molecule has 2 aromatic rings. The number of ether oxygens (including phenoxy) is 4. The van der Waals surface area contributed by atoms with Gasteiger partial charge in [-0.15, -0.1) is 0 Å². The summed E-state index contributed by atoms with van der Waals surface area (Å²) in [6, 6.07) is 3.55. The summed E-state index contributed by atoms with van der Waals surface area (Å²) in [6.07, 6.45) is -5.30. The number of aromatic hydroxyl groups is 2. The fourth-order valence-electron chi connectivity index (χ4n) is 6.44. The first-order valence-electron chi connectivity index (χ1n) is 15.2. The second-order valence-corrected chi connectivity index (χ2v) is 12.2. The highest BCUT2D eigenvalue weighted by Gasteiger charge is 2.50. The lowest BCUT2D eigenvalue weighted by Crippen LogP contribution is -2.53. The number of rotatable bonds is 10. The predicted molar refractivity (Wildman–Crippen MR) is 160 cm³/mol. The number of methoxy groups -OCH3 is 1. The standard InChI is InChI=1S/C33H37NO13/c1-14(35)6-4-9-22(37)45-13-21(36)33(43)11-17-25(20(12-33)47-23-10-18(34)28(38)15(2)46-23)32(42)27-26(30(17)40)29(39)16-7-5-8-19(44-3)24(16)31(27)41/h5,7-8,15,18,20,23,28,38,40,42-43H,4,6,9-13,34H2,1-3H3/t15?,18?,20-,23?,28?,33?/m0/s1. The Labute approximate surface area is 269 Å². The minimum atomic E-state index is -2.35. The molecule has 14 nitrogen and oxygen atoms in total. The largest absolute Gasteiger partial charge is 0.507 e. The number of phenolic OH excluding ortho intramolecular Hbond substituents is 2. The Hall–Kier alpha value is -4.21. The van der Waals surface area contributed by atoms with Crippen LogP contribution in [0.3, 0.4) is 0 Å². The summed E-state index contributed by atoms with van der Waals surface area (Å²) in [5.41, 5.74) is 2.11. The van der Waals surface area contributed by atoms with Gasteiger partial charge in [-0.3, -0.25) is 19.2 Å². The van der Waals surface area contributed by atoms with Crippen LogP contribution in [0, 0.1) is 0 Å². The fourth-order valence-corrected chi connectivity index (χ4v) is 6.44. The summed E-state index contributed by atoms with van der Waals surface area (Å²) in [5, 5.41) is 45.2. The van der Waals surface area contributed by atoms with Crippen LogP contribution in [-0.2, 0) is 35.0 Å². The Morgan fingerprint density at radius 3 is 2.43 bits per heavy atom. The van der Waals surface area contributed by atoms with Crippen molar-refractivity contribution in [2.24, 2.45) is 5.73 Å². The van der Waals surface area contributed by atoms with Crippen LogP contribution in [-0.4, -0.2) is 93.4 Å². The number of carbonyl (C=O) groups is 5. The van der Waals surface area contributed by atoms with E-state index in [9.17, 15) is 44.4 Å². The zero-order valence-corrected chi connectivity index (χ0v) is 26.1. The second kappa shape index (κ2) is 13.1. The van der Waals surface area contributed by atoms with Gasteiger partial charge in [-0.05, 0) is 26.3 Å². The maximum absolute atomic E-state index is 13.8. The molecule has 0 amide bonds. The third-order valence-electron chi connectivity index (χ3n) is 8.94. The average Bonchev–Trinajstić information content (AvgIpc) is 3.02. The highest BCUT2D eigenvalue weighted by Crippen LogP contribution is 2.52. The molecule has 47 heavy (non-hydrogen) atoms. The molecule has 1 fully saturated rings. The number of phenols is 2. The highest BCUT2D eigenvalue weighted by molar-refractivity contribution is 6.31. The van der Waals surface area contributed by atoms with E-state index in [0.717, 1.165) is 0 Å². The average molecular weight is 656 g/mol. The molecule has 0 saturated carbocycles. The van der Waals surface area contributed by atoms with E-state index in [-0.39, 0.29) is 59.5 Å². The third-order valence-corrected chi connectivity index (χ3v) is 8.94. The Morgan fingerprint density at radius 1 is 1.06 bits per heavy atom. The van der Waals surface area contributed by atoms with Crippen LogP contribution in [0.15, 0.2) is 18.2 Å². The van der Waals surface area contributed by atoms with Gasteiger partial charge in [0.2, 0.25) is 11.6 Å². The van der Waals surface area contributed by atoms with Crippen LogP contribution in [0.25, 0.3) is 0 Å². The van der Waals surface area contributed by atoms with Gasteiger partial charge in [0.25, 0.3) is 0 Å². The maximum atomic E-state index is 13.8. The topological polar surface area (TPSA) is 229 Å². The number of hydrogen-bond donors (Lipinski definition) is 5. The van der Waals surface area contributed by atoms with Gasteiger partial charge < -0.3 is 49.9 Å². The van der Waals surface area contributed by atoms with Gasteiger partial charge in [-0.1, -0.05) is 12.1 Å². The number of Topliss-reactive ketones (excluding diaryl/α,β-unsaturated/α-hetero) is 2. The number of carbonyl (C=O) groups excluding carboxylic acids is 5. The minimum Gasteiger partial charge on any atom is -0.507 e. The summed E-state index contributed by atoms with van der Waals surface area (Å²) in [6.45, 7) is 2.09. The summed E-state index contributed by atoms with van der Waals surface area (Å²) in [7, 11) is 1.31. The van der Waals surface area contributed by atoms with E-state index in [1.54, 1.807) is 6.92 Å². The number of aliphatic hydroxyl groups excluding tert-OH is 1. The summed E-state index contributed by atoms with van der Waals surface area (Å²) < 4.78 is 22.2. The fraction of sp³-hybridized carbons (Fsp3) is 0.485. The van der Waals surface area contributed by atoms with E-state index in [4.69, 9.17) is 24.7 Å². The van der Waals surface area contributed by atoms with Gasteiger partial charge >= 0.3 is 5.97 Å². The number of hydrogen-bond acceptors (Lipinski definition) is 14. The minimum absolute atomic E-state index is 0.0265. The SMILES string of the molecule is COc1cccc2c1C(=O)c1c(O)c3c(c(O)c1C2=O)CC(O)(C(=O)COC(=O)CCCC(C)=O)C[C@@H]3OC1CC(N)C(O)C(C)O1. The van der Waals surface area contributed by atoms with E-state index in [2.05, 4.69) is 0 Å². The number of fused-ring (bicyclic) bond motifs is 3. The molecule has 2 aromatic carbocycles. The van der Waals surface area contributed by atoms with E-state index in [1.165, 1.54) is 32.2 Å². The van der Waals surface area contributed by atoms with Crippen molar-refractivity contribution >= 4 is 29.1 Å². The molecular formula is C33H37NO13. The molecule has 1 aliphatic heterocycles. The third kappa shape index (κ3) is 6.26. The number of ketones is 4. The summed E-state index contributed by atoms with van der Waals surface area (Å²) >= 11 is 0. The Kier molecular flexibility index (Phi) is 9.53. The molecule has 0 bridgehead atoms. The smallest absolute Gasteiger partial charge is 0.306 e. The Morgan fingerprint density at radius 2 is 1.77 bits per heavy atom. The predicted octanol–water partition coefficient (Wildman–Crippen LogP) is 1.31. The molecule has 5 unspecified atom stereocenters. The Balaban J connectivity index is 1.55. The molecular weight excluding hydrogens is 618 g/mol. The normalized spacial score (nSPS) is 26.6. The van der Waals surface area contributed by atoms with E-state index < -0.39 is 102 Å². The van der Waals surface area contributed by atoms with E-state index in [1.807, 2.05) is 0 Å². The first kappa shape index (κ1) is 34.1. The van der Waals surface area contributed by atoms with E-state index >= 15 is 0 Å². The number of aliphatic hydroxyl groups is 2. The number of nitrogens with two attached hydrogens (primary N) is 1. The zero-order chi connectivity index (χ0) is 34.4. The van der Waals surface area contributed by atoms with Gasteiger partial charge in [0.1, 0.15) is 28.6 Å². The van der Waals surface area contributed by atoms with Gasteiger partial charge in [0.05, 0.1) is 42.1 Å². The van der Waals surface area contributed by atoms with Crippen LogP contribution in [0.5, 0.6) is 17.2 Å². The maximum Gasteiger partial charge on any atom is 0.306 e. The van der Waals surface area contributed by atoms with Gasteiger partial charge in [-0.2, -0.15) is 0 Å². The molecule has 0 aromatic heterocycles. The van der Waals surface area contributed by atoms with Crippen LogP contribution >= 0.6 is 0 Å².